The Bertz CT molecular complexity index is 606. The average Bonchev–Trinajstić information content (AvgIpc) is 3.13. The van der Waals surface area contributed by atoms with Gasteiger partial charge in [-0.2, -0.15) is 0 Å². The standard InChI is InChI=1S/C16H21ClN2O2/c1-2-20-14-7-3-6-13-16(14)18-15(11-17)19(13)9-8-12-5-4-10-21-12/h3,6-7,12H,2,4-5,8-11H2,1H3. The number of aryl methyl sites for hydroxylation is 1. The molecule has 1 atom stereocenters. The van der Waals surface area contributed by atoms with Crippen molar-refractivity contribution in [3.8, 4) is 5.75 Å². The van der Waals surface area contributed by atoms with Crippen molar-refractivity contribution in [2.24, 2.45) is 0 Å². The fourth-order valence-corrected chi connectivity index (χ4v) is 3.14. The lowest BCUT2D eigenvalue weighted by Gasteiger charge is -2.12. The van der Waals surface area contributed by atoms with Crippen LogP contribution in [0.25, 0.3) is 11.0 Å². The Morgan fingerprint density at radius 2 is 2.38 bits per heavy atom. The van der Waals surface area contributed by atoms with Crippen LogP contribution in [0.5, 0.6) is 5.75 Å². The van der Waals surface area contributed by atoms with E-state index in [2.05, 4.69) is 15.6 Å². The zero-order valence-electron chi connectivity index (χ0n) is 12.3. The summed E-state index contributed by atoms with van der Waals surface area (Å²) in [5.74, 6) is 2.14. The predicted molar refractivity (Wildman–Crippen MR) is 84.1 cm³/mol. The summed E-state index contributed by atoms with van der Waals surface area (Å²) < 4.78 is 13.6. The number of aromatic nitrogens is 2. The van der Waals surface area contributed by atoms with Crippen LogP contribution in [-0.2, 0) is 17.2 Å². The van der Waals surface area contributed by atoms with Crippen molar-refractivity contribution in [2.75, 3.05) is 13.2 Å². The Morgan fingerprint density at radius 1 is 1.48 bits per heavy atom. The molecule has 1 fully saturated rings. The summed E-state index contributed by atoms with van der Waals surface area (Å²) in [6.45, 7) is 4.40. The smallest absolute Gasteiger partial charge is 0.147 e. The maximum Gasteiger partial charge on any atom is 0.147 e. The lowest BCUT2D eigenvalue weighted by Crippen LogP contribution is -2.11. The third-order valence-corrected chi connectivity index (χ3v) is 4.18. The van der Waals surface area contributed by atoms with Crippen LogP contribution in [-0.4, -0.2) is 28.9 Å². The van der Waals surface area contributed by atoms with Gasteiger partial charge >= 0.3 is 0 Å². The van der Waals surface area contributed by atoms with E-state index in [1.807, 2.05) is 19.1 Å². The molecule has 0 bridgehead atoms. The Balaban J connectivity index is 1.90. The molecule has 0 amide bonds. The Hall–Kier alpha value is -1.26. The Labute approximate surface area is 130 Å². The third-order valence-electron chi connectivity index (χ3n) is 3.94. The first kappa shape index (κ1) is 14.7. The summed E-state index contributed by atoms with van der Waals surface area (Å²) in [6.07, 6.45) is 3.72. The highest BCUT2D eigenvalue weighted by molar-refractivity contribution is 6.16. The van der Waals surface area contributed by atoms with Crippen molar-refractivity contribution in [1.82, 2.24) is 9.55 Å². The average molecular weight is 309 g/mol. The van der Waals surface area contributed by atoms with Crippen LogP contribution in [0.2, 0.25) is 0 Å². The molecule has 1 unspecified atom stereocenters. The van der Waals surface area contributed by atoms with Crippen LogP contribution in [0, 0.1) is 0 Å². The van der Waals surface area contributed by atoms with Gasteiger partial charge in [-0.3, -0.25) is 0 Å². The van der Waals surface area contributed by atoms with Gasteiger partial charge in [0.15, 0.2) is 0 Å². The van der Waals surface area contributed by atoms with Gasteiger partial charge < -0.3 is 14.0 Å². The second kappa shape index (κ2) is 6.67. The Kier molecular flexibility index (Phi) is 4.66. The van der Waals surface area contributed by atoms with Gasteiger partial charge in [0.25, 0.3) is 0 Å². The molecule has 114 valence electrons. The summed E-state index contributed by atoms with van der Waals surface area (Å²) in [6, 6.07) is 6.05. The van der Waals surface area contributed by atoms with Crippen molar-refractivity contribution in [2.45, 2.75) is 44.7 Å². The zero-order chi connectivity index (χ0) is 14.7. The molecule has 1 aromatic heterocycles. The first-order chi connectivity index (χ1) is 10.3. The van der Waals surface area contributed by atoms with E-state index in [1.54, 1.807) is 0 Å². The minimum absolute atomic E-state index is 0.376. The second-order valence-corrected chi connectivity index (χ2v) is 5.56. The van der Waals surface area contributed by atoms with E-state index in [0.29, 0.717) is 18.6 Å². The van der Waals surface area contributed by atoms with Crippen molar-refractivity contribution >= 4 is 22.6 Å². The first-order valence-corrected chi connectivity index (χ1v) is 8.15. The lowest BCUT2D eigenvalue weighted by atomic mass is 10.2. The number of imidazole rings is 1. The minimum Gasteiger partial charge on any atom is -0.492 e. The highest BCUT2D eigenvalue weighted by Gasteiger charge is 2.18. The SMILES string of the molecule is CCOc1cccc2c1nc(CCl)n2CCC1CCCO1. The van der Waals surface area contributed by atoms with Gasteiger partial charge in [-0.05, 0) is 38.3 Å². The Morgan fingerprint density at radius 3 is 3.10 bits per heavy atom. The fraction of sp³-hybridized carbons (Fsp3) is 0.562. The van der Waals surface area contributed by atoms with E-state index in [0.717, 1.165) is 48.6 Å². The van der Waals surface area contributed by atoms with Crippen molar-refractivity contribution in [3.63, 3.8) is 0 Å². The van der Waals surface area contributed by atoms with Gasteiger partial charge in [-0.25, -0.2) is 4.98 Å². The summed E-state index contributed by atoms with van der Waals surface area (Å²) in [4.78, 5) is 4.66. The number of benzene rings is 1. The predicted octanol–water partition coefficient (Wildman–Crippen LogP) is 3.74. The van der Waals surface area contributed by atoms with E-state index < -0.39 is 0 Å². The molecule has 1 saturated heterocycles. The maximum absolute atomic E-state index is 6.07. The molecule has 4 nitrogen and oxygen atoms in total. The van der Waals surface area contributed by atoms with Crippen LogP contribution in [0.3, 0.4) is 0 Å². The minimum atomic E-state index is 0.376. The molecule has 0 saturated carbocycles. The van der Waals surface area contributed by atoms with Gasteiger partial charge in [-0.15, -0.1) is 11.6 Å². The summed E-state index contributed by atoms with van der Waals surface area (Å²) >= 11 is 6.07. The number of para-hydroxylation sites is 1. The molecule has 0 N–H and O–H groups in total. The zero-order valence-corrected chi connectivity index (χ0v) is 13.1. The molecule has 1 aliphatic rings. The number of nitrogens with zero attached hydrogens (tertiary/aromatic N) is 2. The lowest BCUT2D eigenvalue weighted by molar-refractivity contribution is 0.100. The number of ether oxygens (including phenoxy) is 2. The number of hydrogen-bond donors (Lipinski definition) is 0. The molecule has 0 radical (unpaired) electrons. The van der Waals surface area contributed by atoms with Gasteiger partial charge in [0.05, 0.1) is 24.1 Å². The first-order valence-electron chi connectivity index (χ1n) is 7.62. The molecule has 1 aromatic carbocycles. The number of alkyl halides is 1. The van der Waals surface area contributed by atoms with E-state index in [4.69, 9.17) is 21.1 Å². The van der Waals surface area contributed by atoms with Crippen molar-refractivity contribution in [1.29, 1.82) is 0 Å². The molecular weight excluding hydrogens is 288 g/mol. The number of rotatable bonds is 6. The highest BCUT2D eigenvalue weighted by atomic mass is 35.5. The van der Waals surface area contributed by atoms with Gasteiger partial charge in [0.2, 0.25) is 0 Å². The van der Waals surface area contributed by atoms with Crippen LogP contribution in [0.15, 0.2) is 18.2 Å². The van der Waals surface area contributed by atoms with Crippen LogP contribution in [0.1, 0.15) is 32.0 Å². The summed E-state index contributed by atoms with van der Waals surface area (Å²) in [5, 5.41) is 0. The molecule has 3 rings (SSSR count). The highest BCUT2D eigenvalue weighted by Crippen LogP contribution is 2.28. The largest absolute Gasteiger partial charge is 0.492 e. The van der Waals surface area contributed by atoms with Crippen molar-refractivity contribution in [3.05, 3.63) is 24.0 Å². The third kappa shape index (κ3) is 3.01. The molecular formula is C16H21ClN2O2. The van der Waals surface area contributed by atoms with Gasteiger partial charge in [0, 0.05) is 13.2 Å². The monoisotopic (exact) mass is 308 g/mol. The fourth-order valence-electron chi connectivity index (χ4n) is 2.94. The molecule has 2 heterocycles. The maximum atomic E-state index is 6.07. The van der Waals surface area contributed by atoms with Crippen LogP contribution < -0.4 is 4.74 Å². The molecule has 0 aliphatic carbocycles. The number of halogens is 1. The molecule has 5 heteroatoms. The number of fused-ring (bicyclic) bond motifs is 1. The van der Waals surface area contributed by atoms with Crippen molar-refractivity contribution < 1.29 is 9.47 Å². The quantitative estimate of drug-likeness (QED) is 0.763. The van der Waals surface area contributed by atoms with E-state index >= 15 is 0 Å². The van der Waals surface area contributed by atoms with Gasteiger partial charge in [-0.1, -0.05) is 6.07 Å². The van der Waals surface area contributed by atoms with E-state index in [9.17, 15) is 0 Å². The normalized spacial score (nSPS) is 18.5. The van der Waals surface area contributed by atoms with Gasteiger partial charge in [0.1, 0.15) is 17.1 Å². The molecule has 2 aromatic rings. The molecule has 1 aliphatic heterocycles. The summed E-state index contributed by atoms with van der Waals surface area (Å²) in [5.41, 5.74) is 2.00. The summed E-state index contributed by atoms with van der Waals surface area (Å²) in [7, 11) is 0. The van der Waals surface area contributed by atoms with E-state index in [1.165, 1.54) is 6.42 Å². The van der Waals surface area contributed by atoms with E-state index in [-0.39, 0.29) is 0 Å². The molecule has 0 spiro atoms. The second-order valence-electron chi connectivity index (χ2n) is 5.29. The van der Waals surface area contributed by atoms with Crippen LogP contribution in [0.4, 0.5) is 0 Å². The topological polar surface area (TPSA) is 36.3 Å². The van der Waals surface area contributed by atoms with Crippen LogP contribution >= 0.6 is 11.6 Å². The number of hydrogen-bond acceptors (Lipinski definition) is 3. The molecule has 21 heavy (non-hydrogen) atoms.